The van der Waals surface area contributed by atoms with E-state index in [4.69, 9.17) is 16.3 Å². The van der Waals surface area contributed by atoms with Crippen LogP contribution < -0.4 is 15.5 Å². The minimum atomic E-state index is -0.542. The molecule has 3 aromatic rings. The fourth-order valence-corrected chi connectivity index (χ4v) is 3.28. The van der Waals surface area contributed by atoms with E-state index in [1.807, 2.05) is 19.1 Å². The molecule has 0 aliphatic carbocycles. The molecule has 7 nitrogen and oxygen atoms in total. The maximum absolute atomic E-state index is 12.4. The molecule has 0 bridgehead atoms. The van der Waals surface area contributed by atoms with Crippen LogP contribution in [0.3, 0.4) is 0 Å². The van der Waals surface area contributed by atoms with Gasteiger partial charge in [-0.1, -0.05) is 57.4 Å². The monoisotopic (exact) mass is 527 g/mol. The van der Waals surface area contributed by atoms with Crippen molar-refractivity contribution in [3.05, 3.63) is 98.5 Å². The molecule has 0 spiro atoms. The third kappa shape index (κ3) is 7.00. The van der Waals surface area contributed by atoms with Crippen LogP contribution in [0.5, 0.6) is 5.75 Å². The van der Waals surface area contributed by atoms with E-state index in [1.165, 1.54) is 6.21 Å². The van der Waals surface area contributed by atoms with Crippen LogP contribution in [0.2, 0.25) is 5.02 Å². The maximum atomic E-state index is 12.4. The predicted octanol–water partition coefficient (Wildman–Crippen LogP) is 4.51. The largest absolute Gasteiger partial charge is 0.422 e. The SMILES string of the molecule is Cc1ccc(C(=O)Oc2ccc(Br)cc2/C=N/NC(=O)CNC(=O)c2ccccc2Cl)cc1. The summed E-state index contributed by atoms with van der Waals surface area (Å²) in [5.41, 5.74) is 4.49. The van der Waals surface area contributed by atoms with Crippen molar-refractivity contribution in [2.24, 2.45) is 5.10 Å². The van der Waals surface area contributed by atoms with Crippen LogP contribution >= 0.6 is 27.5 Å². The molecule has 0 heterocycles. The van der Waals surface area contributed by atoms with Gasteiger partial charge in [-0.25, -0.2) is 10.2 Å². The number of carbonyl (C=O) groups is 3. The molecule has 0 saturated carbocycles. The van der Waals surface area contributed by atoms with Crippen molar-refractivity contribution >= 4 is 51.5 Å². The zero-order valence-corrected chi connectivity index (χ0v) is 19.8. The first kappa shape index (κ1) is 24.2. The Morgan fingerprint density at radius 3 is 2.52 bits per heavy atom. The number of hydrazone groups is 1. The second kappa shape index (κ2) is 11.4. The number of amides is 2. The number of benzene rings is 3. The van der Waals surface area contributed by atoms with Gasteiger partial charge in [0.1, 0.15) is 5.75 Å². The lowest BCUT2D eigenvalue weighted by Gasteiger charge is -2.08. The van der Waals surface area contributed by atoms with E-state index < -0.39 is 17.8 Å². The summed E-state index contributed by atoms with van der Waals surface area (Å²) in [6, 6.07) is 18.5. The Morgan fingerprint density at radius 1 is 1.06 bits per heavy atom. The molecule has 0 saturated heterocycles. The minimum absolute atomic E-state index is 0.268. The highest BCUT2D eigenvalue weighted by Crippen LogP contribution is 2.23. The molecule has 2 amide bonds. The minimum Gasteiger partial charge on any atom is -0.422 e. The molecule has 2 N–H and O–H groups in total. The fraction of sp³-hybridized carbons (Fsp3) is 0.0833. The van der Waals surface area contributed by atoms with E-state index in [1.54, 1.807) is 54.6 Å². The maximum Gasteiger partial charge on any atom is 0.343 e. The van der Waals surface area contributed by atoms with Gasteiger partial charge in [0.15, 0.2) is 0 Å². The third-order valence-corrected chi connectivity index (χ3v) is 5.21. The summed E-state index contributed by atoms with van der Waals surface area (Å²) >= 11 is 9.33. The Labute approximate surface area is 203 Å². The van der Waals surface area contributed by atoms with Crippen molar-refractivity contribution in [1.29, 1.82) is 0 Å². The molecule has 3 aromatic carbocycles. The van der Waals surface area contributed by atoms with Gasteiger partial charge in [-0.05, 0) is 49.4 Å². The second-order valence-electron chi connectivity index (χ2n) is 6.89. The normalized spacial score (nSPS) is 10.6. The van der Waals surface area contributed by atoms with Gasteiger partial charge in [0.05, 0.1) is 28.9 Å². The lowest BCUT2D eigenvalue weighted by atomic mass is 10.1. The van der Waals surface area contributed by atoms with E-state index in [9.17, 15) is 14.4 Å². The summed E-state index contributed by atoms with van der Waals surface area (Å²) in [7, 11) is 0. The Bertz CT molecular complexity index is 1210. The zero-order valence-electron chi connectivity index (χ0n) is 17.5. The van der Waals surface area contributed by atoms with E-state index in [0.29, 0.717) is 11.1 Å². The van der Waals surface area contributed by atoms with Gasteiger partial charge >= 0.3 is 5.97 Å². The Hall–Kier alpha value is -3.49. The van der Waals surface area contributed by atoms with Crippen LogP contribution in [0.4, 0.5) is 0 Å². The Balaban J connectivity index is 1.60. The van der Waals surface area contributed by atoms with E-state index in [-0.39, 0.29) is 22.9 Å². The zero-order chi connectivity index (χ0) is 23.8. The summed E-state index contributed by atoms with van der Waals surface area (Å²) in [6.07, 6.45) is 1.34. The van der Waals surface area contributed by atoms with Gasteiger partial charge in [0.25, 0.3) is 11.8 Å². The molecule has 0 fully saturated rings. The smallest absolute Gasteiger partial charge is 0.343 e. The van der Waals surface area contributed by atoms with Crippen LogP contribution in [0.15, 0.2) is 76.3 Å². The van der Waals surface area contributed by atoms with Gasteiger partial charge in [-0.2, -0.15) is 5.10 Å². The number of hydrogen-bond acceptors (Lipinski definition) is 5. The third-order valence-electron chi connectivity index (χ3n) is 4.38. The number of nitrogens with one attached hydrogen (secondary N) is 2. The van der Waals surface area contributed by atoms with Crippen molar-refractivity contribution < 1.29 is 19.1 Å². The number of ether oxygens (including phenoxy) is 1. The molecule has 0 unspecified atom stereocenters. The standard InChI is InChI=1S/C24H19BrClN3O4/c1-15-6-8-16(9-7-15)24(32)33-21-11-10-18(25)12-17(21)13-28-29-22(30)14-27-23(31)19-4-2-3-5-20(19)26/h2-13H,14H2,1H3,(H,27,31)(H,29,30)/b28-13+. The molecule has 0 aliphatic heterocycles. The molecule has 33 heavy (non-hydrogen) atoms. The van der Waals surface area contributed by atoms with Gasteiger partial charge in [0, 0.05) is 10.0 Å². The predicted molar refractivity (Wildman–Crippen MR) is 130 cm³/mol. The molecule has 0 aromatic heterocycles. The van der Waals surface area contributed by atoms with Gasteiger partial charge in [0.2, 0.25) is 0 Å². The van der Waals surface area contributed by atoms with E-state index in [0.717, 1.165) is 10.0 Å². The molecule has 3 rings (SSSR count). The van der Waals surface area contributed by atoms with E-state index in [2.05, 4.69) is 31.8 Å². The first-order valence-electron chi connectivity index (χ1n) is 9.76. The van der Waals surface area contributed by atoms with Crippen molar-refractivity contribution in [3.63, 3.8) is 0 Å². The van der Waals surface area contributed by atoms with Gasteiger partial charge < -0.3 is 10.1 Å². The number of esters is 1. The number of carbonyl (C=O) groups excluding carboxylic acids is 3. The molecule has 0 radical (unpaired) electrons. The van der Waals surface area contributed by atoms with Gasteiger partial charge in [-0.15, -0.1) is 0 Å². The average Bonchev–Trinajstić information content (AvgIpc) is 2.80. The van der Waals surface area contributed by atoms with Crippen molar-refractivity contribution in [1.82, 2.24) is 10.7 Å². The van der Waals surface area contributed by atoms with Crippen molar-refractivity contribution in [2.75, 3.05) is 6.54 Å². The summed E-state index contributed by atoms with van der Waals surface area (Å²) in [5.74, 6) is -1.26. The number of aryl methyl sites for hydroxylation is 1. The Kier molecular flexibility index (Phi) is 8.34. The number of halogens is 2. The first-order chi connectivity index (χ1) is 15.8. The lowest BCUT2D eigenvalue weighted by Crippen LogP contribution is -2.35. The van der Waals surface area contributed by atoms with Crippen LogP contribution in [-0.4, -0.2) is 30.5 Å². The van der Waals surface area contributed by atoms with E-state index >= 15 is 0 Å². The molecule has 0 aliphatic rings. The Morgan fingerprint density at radius 2 is 1.79 bits per heavy atom. The average molecular weight is 529 g/mol. The lowest BCUT2D eigenvalue weighted by molar-refractivity contribution is -0.120. The summed E-state index contributed by atoms with van der Waals surface area (Å²) in [5, 5.41) is 6.65. The first-order valence-corrected chi connectivity index (χ1v) is 10.9. The van der Waals surface area contributed by atoms with Crippen LogP contribution in [0.1, 0.15) is 31.8 Å². The summed E-state index contributed by atoms with van der Waals surface area (Å²) < 4.78 is 6.22. The number of hydrogen-bond donors (Lipinski definition) is 2. The highest BCUT2D eigenvalue weighted by atomic mass is 79.9. The highest BCUT2D eigenvalue weighted by Gasteiger charge is 2.13. The summed E-state index contributed by atoms with van der Waals surface area (Å²) in [4.78, 5) is 36.6. The van der Waals surface area contributed by atoms with Crippen LogP contribution in [-0.2, 0) is 4.79 Å². The summed E-state index contributed by atoms with van der Waals surface area (Å²) in [6.45, 7) is 1.63. The van der Waals surface area contributed by atoms with Crippen LogP contribution in [0.25, 0.3) is 0 Å². The van der Waals surface area contributed by atoms with Crippen molar-refractivity contribution in [2.45, 2.75) is 6.92 Å². The number of nitrogens with zero attached hydrogens (tertiary/aromatic N) is 1. The molecule has 168 valence electrons. The van der Waals surface area contributed by atoms with Crippen molar-refractivity contribution in [3.8, 4) is 5.75 Å². The van der Waals surface area contributed by atoms with Crippen LogP contribution in [0, 0.1) is 6.92 Å². The topological polar surface area (TPSA) is 96.9 Å². The fourth-order valence-electron chi connectivity index (χ4n) is 2.68. The second-order valence-corrected chi connectivity index (χ2v) is 8.22. The molecular formula is C24H19BrClN3O4. The molecule has 0 atom stereocenters. The quantitative estimate of drug-likeness (QED) is 0.204. The molecule has 9 heteroatoms. The highest BCUT2D eigenvalue weighted by molar-refractivity contribution is 9.10. The van der Waals surface area contributed by atoms with Gasteiger partial charge in [-0.3, -0.25) is 9.59 Å². The number of rotatable bonds is 7. The molecular weight excluding hydrogens is 510 g/mol.